The van der Waals surface area contributed by atoms with E-state index in [1.165, 1.54) is 0 Å². The van der Waals surface area contributed by atoms with Gasteiger partial charge in [-0.2, -0.15) is 0 Å². The number of rotatable bonds is 6. The highest BCUT2D eigenvalue weighted by molar-refractivity contribution is 5.26. The van der Waals surface area contributed by atoms with Crippen LogP contribution in [-0.4, -0.2) is 29.8 Å². The molecule has 0 saturated carbocycles. The Hall–Kier alpha value is -1.13. The quantitative estimate of drug-likeness (QED) is 0.788. The summed E-state index contributed by atoms with van der Waals surface area (Å²) in [7, 11) is 1.66. The van der Waals surface area contributed by atoms with E-state index in [1.54, 1.807) is 7.11 Å². The number of aromatic nitrogens is 1. The summed E-state index contributed by atoms with van der Waals surface area (Å²) in [6, 6.07) is 4.09. The Labute approximate surface area is 103 Å². The summed E-state index contributed by atoms with van der Waals surface area (Å²) in [5, 5.41) is 12.4. The van der Waals surface area contributed by atoms with Crippen molar-refractivity contribution in [1.82, 2.24) is 10.3 Å². The van der Waals surface area contributed by atoms with E-state index >= 15 is 0 Å². The standard InChI is InChI=1S/C13H22N2O2/c1-9(8-16)11(3)14-7-12-6-13(17-4)5-10(2)15-12/h5-6,9,11,14,16H,7-8H2,1-4H3. The number of aliphatic hydroxyl groups is 1. The maximum absolute atomic E-state index is 9.05. The molecule has 0 spiro atoms. The molecular weight excluding hydrogens is 216 g/mol. The highest BCUT2D eigenvalue weighted by Gasteiger charge is 2.10. The van der Waals surface area contributed by atoms with Crippen LogP contribution in [0.25, 0.3) is 0 Å². The second-order valence-corrected chi connectivity index (χ2v) is 4.47. The van der Waals surface area contributed by atoms with Crippen LogP contribution in [0.5, 0.6) is 5.75 Å². The van der Waals surface area contributed by atoms with Crippen LogP contribution < -0.4 is 10.1 Å². The van der Waals surface area contributed by atoms with Crippen molar-refractivity contribution in [1.29, 1.82) is 0 Å². The maximum atomic E-state index is 9.05. The van der Waals surface area contributed by atoms with Gasteiger partial charge < -0.3 is 15.2 Å². The number of hydrogen-bond donors (Lipinski definition) is 2. The fourth-order valence-corrected chi connectivity index (χ4v) is 1.54. The van der Waals surface area contributed by atoms with Gasteiger partial charge in [0.2, 0.25) is 0 Å². The van der Waals surface area contributed by atoms with Crippen LogP contribution in [0.3, 0.4) is 0 Å². The highest BCUT2D eigenvalue weighted by atomic mass is 16.5. The molecule has 0 radical (unpaired) electrons. The average molecular weight is 238 g/mol. The Kier molecular flexibility index (Phi) is 5.38. The summed E-state index contributed by atoms with van der Waals surface area (Å²) in [5.74, 6) is 1.07. The molecule has 2 atom stereocenters. The summed E-state index contributed by atoms with van der Waals surface area (Å²) >= 11 is 0. The molecule has 2 N–H and O–H groups in total. The third-order valence-electron chi connectivity index (χ3n) is 2.96. The van der Waals surface area contributed by atoms with Gasteiger partial charge in [-0.3, -0.25) is 4.98 Å². The first-order valence-corrected chi connectivity index (χ1v) is 5.92. The third kappa shape index (κ3) is 4.32. The molecule has 1 heterocycles. The molecule has 96 valence electrons. The van der Waals surface area contributed by atoms with Crippen LogP contribution in [-0.2, 0) is 6.54 Å². The van der Waals surface area contributed by atoms with Crippen molar-refractivity contribution in [3.05, 3.63) is 23.5 Å². The van der Waals surface area contributed by atoms with E-state index in [0.29, 0.717) is 6.54 Å². The van der Waals surface area contributed by atoms with Gasteiger partial charge in [0.05, 0.1) is 12.8 Å². The normalized spacial score (nSPS) is 14.4. The number of aliphatic hydroxyl groups excluding tert-OH is 1. The lowest BCUT2D eigenvalue weighted by Crippen LogP contribution is -2.33. The van der Waals surface area contributed by atoms with E-state index in [9.17, 15) is 0 Å². The smallest absolute Gasteiger partial charge is 0.122 e. The van der Waals surface area contributed by atoms with Gasteiger partial charge in [-0.15, -0.1) is 0 Å². The van der Waals surface area contributed by atoms with E-state index in [-0.39, 0.29) is 18.6 Å². The Balaban J connectivity index is 2.59. The van der Waals surface area contributed by atoms with E-state index < -0.39 is 0 Å². The zero-order valence-electron chi connectivity index (χ0n) is 11.0. The van der Waals surface area contributed by atoms with Gasteiger partial charge in [-0.25, -0.2) is 0 Å². The molecule has 0 amide bonds. The molecule has 2 unspecified atom stereocenters. The van der Waals surface area contributed by atoms with Crippen molar-refractivity contribution in [3.8, 4) is 5.75 Å². The number of ether oxygens (including phenoxy) is 1. The number of hydrogen-bond acceptors (Lipinski definition) is 4. The Morgan fingerprint density at radius 2 is 2.12 bits per heavy atom. The summed E-state index contributed by atoms with van der Waals surface area (Å²) in [6.45, 7) is 6.91. The van der Waals surface area contributed by atoms with Gasteiger partial charge in [-0.1, -0.05) is 6.92 Å². The summed E-state index contributed by atoms with van der Waals surface area (Å²) < 4.78 is 5.20. The van der Waals surface area contributed by atoms with Gasteiger partial charge >= 0.3 is 0 Å². The van der Waals surface area contributed by atoms with Gasteiger partial charge in [0.15, 0.2) is 0 Å². The molecule has 4 heteroatoms. The lowest BCUT2D eigenvalue weighted by atomic mass is 10.1. The summed E-state index contributed by atoms with van der Waals surface area (Å²) in [5.41, 5.74) is 1.91. The van der Waals surface area contributed by atoms with E-state index in [4.69, 9.17) is 9.84 Å². The molecule has 1 aromatic rings. The second-order valence-electron chi connectivity index (χ2n) is 4.47. The maximum Gasteiger partial charge on any atom is 0.122 e. The van der Waals surface area contributed by atoms with Crippen molar-refractivity contribution in [3.63, 3.8) is 0 Å². The van der Waals surface area contributed by atoms with Crippen LogP contribution in [0, 0.1) is 12.8 Å². The van der Waals surface area contributed by atoms with E-state index in [1.807, 2.05) is 26.0 Å². The predicted octanol–water partition coefficient (Wildman–Crippen LogP) is 1.51. The van der Waals surface area contributed by atoms with Crippen LogP contribution in [0.15, 0.2) is 12.1 Å². The molecule has 0 saturated heterocycles. The van der Waals surface area contributed by atoms with Crippen molar-refractivity contribution in [2.24, 2.45) is 5.92 Å². The predicted molar refractivity (Wildman–Crippen MR) is 68.1 cm³/mol. The molecule has 0 bridgehead atoms. The molecule has 0 aliphatic carbocycles. The van der Waals surface area contributed by atoms with Crippen LogP contribution in [0.4, 0.5) is 0 Å². The zero-order valence-corrected chi connectivity index (χ0v) is 11.0. The minimum Gasteiger partial charge on any atom is -0.497 e. The minimum atomic E-state index is 0.193. The topological polar surface area (TPSA) is 54.4 Å². The fraction of sp³-hybridized carbons (Fsp3) is 0.615. The Morgan fingerprint density at radius 3 is 2.71 bits per heavy atom. The SMILES string of the molecule is COc1cc(C)nc(CNC(C)C(C)CO)c1. The highest BCUT2D eigenvalue weighted by Crippen LogP contribution is 2.13. The number of aryl methyl sites for hydroxylation is 1. The van der Waals surface area contributed by atoms with Crippen molar-refractivity contribution >= 4 is 0 Å². The van der Waals surface area contributed by atoms with E-state index in [0.717, 1.165) is 17.1 Å². The molecule has 0 aromatic carbocycles. The summed E-state index contributed by atoms with van der Waals surface area (Å²) in [6.07, 6.45) is 0. The van der Waals surface area contributed by atoms with Crippen LogP contribution in [0.1, 0.15) is 25.2 Å². The van der Waals surface area contributed by atoms with Crippen LogP contribution >= 0.6 is 0 Å². The molecule has 0 aliphatic heterocycles. The molecular formula is C13H22N2O2. The largest absolute Gasteiger partial charge is 0.497 e. The summed E-state index contributed by atoms with van der Waals surface area (Å²) in [4.78, 5) is 4.43. The molecule has 0 aliphatic rings. The van der Waals surface area contributed by atoms with Crippen molar-refractivity contribution in [2.75, 3.05) is 13.7 Å². The first-order valence-electron chi connectivity index (χ1n) is 5.92. The zero-order chi connectivity index (χ0) is 12.8. The molecule has 17 heavy (non-hydrogen) atoms. The van der Waals surface area contributed by atoms with E-state index in [2.05, 4.69) is 17.2 Å². The lowest BCUT2D eigenvalue weighted by Gasteiger charge is -2.19. The van der Waals surface area contributed by atoms with Gasteiger partial charge in [0, 0.05) is 37.0 Å². The number of methoxy groups -OCH3 is 1. The second kappa shape index (κ2) is 6.57. The fourth-order valence-electron chi connectivity index (χ4n) is 1.54. The minimum absolute atomic E-state index is 0.193. The molecule has 0 fully saturated rings. The Bertz CT molecular complexity index is 355. The van der Waals surface area contributed by atoms with Gasteiger partial charge in [0.25, 0.3) is 0 Å². The monoisotopic (exact) mass is 238 g/mol. The van der Waals surface area contributed by atoms with Crippen molar-refractivity contribution < 1.29 is 9.84 Å². The number of nitrogens with zero attached hydrogens (tertiary/aromatic N) is 1. The average Bonchev–Trinajstić information content (AvgIpc) is 2.34. The molecule has 4 nitrogen and oxygen atoms in total. The third-order valence-corrected chi connectivity index (χ3v) is 2.96. The van der Waals surface area contributed by atoms with Gasteiger partial charge in [0.1, 0.15) is 5.75 Å². The van der Waals surface area contributed by atoms with Gasteiger partial charge in [-0.05, 0) is 19.8 Å². The number of pyridine rings is 1. The lowest BCUT2D eigenvalue weighted by molar-refractivity contribution is 0.206. The Morgan fingerprint density at radius 1 is 1.41 bits per heavy atom. The first kappa shape index (κ1) is 13.9. The van der Waals surface area contributed by atoms with Crippen LogP contribution in [0.2, 0.25) is 0 Å². The number of nitrogens with one attached hydrogen (secondary N) is 1. The first-order chi connectivity index (χ1) is 8.06. The van der Waals surface area contributed by atoms with Crippen molar-refractivity contribution in [2.45, 2.75) is 33.4 Å². The molecule has 1 aromatic heterocycles. The molecule has 1 rings (SSSR count).